The molecule has 1 saturated heterocycles. The molecule has 0 saturated carbocycles. The van der Waals surface area contributed by atoms with Crippen molar-refractivity contribution in [2.24, 2.45) is 5.92 Å². The number of rotatable bonds is 4. The number of amides is 1. The number of Topliss-reactive ketones (excluding diaryl/α,β-unsaturated/α-hetero) is 1. The Bertz CT molecular complexity index is 879. The molecule has 0 spiro atoms. The van der Waals surface area contributed by atoms with Gasteiger partial charge in [-0.3, -0.25) is 9.59 Å². The number of ether oxygens (including phenoxy) is 1. The normalized spacial score (nSPS) is 23.3. The molecule has 2 aromatic carbocycles. The highest BCUT2D eigenvalue weighted by molar-refractivity contribution is 5.97. The summed E-state index contributed by atoms with van der Waals surface area (Å²) in [7, 11) is 1.67. The zero-order valence-corrected chi connectivity index (χ0v) is 15.4. The molecular formula is C21H23N3O3. The third kappa shape index (κ3) is 3.34. The Morgan fingerprint density at radius 2 is 1.89 bits per heavy atom. The molecule has 2 aliphatic rings. The molecule has 1 amide bonds. The number of anilines is 1. The molecule has 6 heteroatoms. The molecule has 3 unspecified atom stereocenters. The van der Waals surface area contributed by atoms with Crippen molar-refractivity contribution in [3.63, 3.8) is 0 Å². The van der Waals surface area contributed by atoms with Crippen LogP contribution in [0.3, 0.4) is 0 Å². The van der Waals surface area contributed by atoms with Crippen molar-refractivity contribution < 1.29 is 14.3 Å². The zero-order chi connectivity index (χ0) is 19.0. The van der Waals surface area contributed by atoms with E-state index in [2.05, 4.69) is 28.3 Å². The molecular weight excluding hydrogens is 342 g/mol. The van der Waals surface area contributed by atoms with Crippen molar-refractivity contribution >= 4 is 17.4 Å². The number of fused-ring (bicyclic) bond motifs is 3. The van der Waals surface area contributed by atoms with Crippen LogP contribution >= 0.6 is 0 Å². The van der Waals surface area contributed by atoms with Gasteiger partial charge in [-0.05, 0) is 67.3 Å². The first-order valence-electron chi connectivity index (χ1n) is 9.16. The fourth-order valence-corrected chi connectivity index (χ4v) is 4.05. The van der Waals surface area contributed by atoms with Crippen LogP contribution in [0.4, 0.5) is 5.69 Å². The van der Waals surface area contributed by atoms with E-state index in [1.54, 1.807) is 31.4 Å². The molecule has 0 aromatic heterocycles. The van der Waals surface area contributed by atoms with Gasteiger partial charge in [-0.25, -0.2) is 10.9 Å². The Balaban J connectivity index is 1.48. The molecule has 0 radical (unpaired) electrons. The third-order valence-electron chi connectivity index (χ3n) is 5.52. The van der Waals surface area contributed by atoms with E-state index in [-0.39, 0.29) is 29.7 Å². The Hall–Kier alpha value is -2.70. The monoisotopic (exact) mass is 365 g/mol. The van der Waals surface area contributed by atoms with Gasteiger partial charge in [-0.1, -0.05) is 6.07 Å². The fraction of sp³-hybridized carbons (Fsp3) is 0.333. The van der Waals surface area contributed by atoms with Gasteiger partial charge >= 0.3 is 0 Å². The van der Waals surface area contributed by atoms with Crippen molar-refractivity contribution in [2.45, 2.75) is 31.8 Å². The lowest BCUT2D eigenvalue weighted by Crippen LogP contribution is -2.42. The minimum atomic E-state index is -0.308. The van der Waals surface area contributed by atoms with E-state index in [1.165, 1.54) is 18.1 Å². The van der Waals surface area contributed by atoms with Crippen LogP contribution in [-0.2, 0) is 11.2 Å². The fourth-order valence-electron chi connectivity index (χ4n) is 4.05. The largest absolute Gasteiger partial charge is 0.497 e. The predicted octanol–water partition coefficient (Wildman–Crippen LogP) is 2.62. The molecule has 3 atom stereocenters. The molecule has 140 valence electrons. The number of hydrogen-bond donors (Lipinski definition) is 3. The van der Waals surface area contributed by atoms with Crippen LogP contribution in [0.2, 0.25) is 0 Å². The van der Waals surface area contributed by atoms with Crippen LogP contribution in [0.5, 0.6) is 5.75 Å². The molecule has 2 aromatic rings. The van der Waals surface area contributed by atoms with E-state index >= 15 is 0 Å². The van der Waals surface area contributed by atoms with Gasteiger partial charge in [0.15, 0.2) is 5.78 Å². The lowest BCUT2D eigenvalue weighted by molar-refractivity contribution is -0.118. The van der Waals surface area contributed by atoms with Gasteiger partial charge in [0.25, 0.3) is 0 Å². The number of carbonyl (C=O) groups excluding carboxylic acids is 2. The summed E-state index contributed by atoms with van der Waals surface area (Å²) in [5.74, 6) is 0.987. The van der Waals surface area contributed by atoms with Gasteiger partial charge in [0, 0.05) is 17.2 Å². The first kappa shape index (κ1) is 17.7. The molecule has 4 rings (SSSR count). The Labute approximate surface area is 158 Å². The average Bonchev–Trinajstić information content (AvgIpc) is 3.12. The molecule has 1 aliphatic heterocycles. The van der Waals surface area contributed by atoms with Crippen LogP contribution in [0.25, 0.3) is 0 Å². The number of ketones is 1. The first-order chi connectivity index (χ1) is 13.1. The van der Waals surface area contributed by atoms with Gasteiger partial charge in [-0.15, -0.1) is 0 Å². The zero-order valence-electron chi connectivity index (χ0n) is 15.4. The lowest BCUT2D eigenvalue weighted by atomic mass is 9.77. The van der Waals surface area contributed by atoms with Gasteiger partial charge in [0.2, 0.25) is 5.91 Å². The second kappa shape index (κ2) is 7.13. The van der Waals surface area contributed by atoms with Gasteiger partial charge < -0.3 is 10.1 Å². The van der Waals surface area contributed by atoms with Crippen molar-refractivity contribution in [1.29, 1.82) is 0 Å². The van der Waals surface area contributed by atoms with Gasteiger partial charge in [0.1, 0.15) is 11.8 Å². The number of carbonyl (C=O) groups is 2. The molecule has 0 bridgehead atoms. The Kier molecular flexibility index (Phi) is 4.68. The van der Waals surface area contributed by atoms with Gasteiger partial charge in [-0.2, -0.15) is 0 Å². The Morgan fingerprint density at radius 1 is 1.11 bits per heavy atom. The summed E-state index contributed by atoms with van der Waals surface area (Å²) in [5.41, 5.74) is 10.3. The number of aryl methyl sites for hydroxylation is 1. The van der Waals surface area contributed by atoms with Crippen molar-refractivity contribution in [3.8, 4) is 5.75 Å². The number of hydrazine groups is 1. The molecule has 27 heavy (non-hydrogen) atoms. The summed E-state index contributed by atoms with van der Waals surface area (Å²) in [4.78, 5) is 24.2. The Morgan fingerprint density at radius 3 is 2.59 bits per heavy atom. The minimum Gasteiger partial charge on any atom is -0.497 e. The predicted molar refractivity (Wildman–Crippen MR) is 103 cm³/mol. The number of benzene rings is 2. The molecule has 3 N–H and O–H groups in total. The summed E-state index contributed by atoms with van der Waals surface area (Å²) in [6.07, 6.45) is 1.85. The highest BCUT2D eigenvalue weighted by Crippen LogP contribution is 2.40. The summed E-state index contributed by atoms with van der Waals surface area (Å²) in [6.45, 7) is 1.53. The first-order valence-corrected chi connectivity index (χ1v) is 9.16. The second-order valence-electron chi connectivity index (χ2n) is 7.13. The maximum Gasteiger partial charge on any atom is 0.243 e. The average molecular weight is 365 g/mol. The van der Waals surface area contributed by atoms with Crippen LogP contribution in [0.1, 0.15) is 40.9 Å². The maximum atomic E-state index is 12.8. The topological polar surface area (TPSA) is 79.5 Å². The molecule has 1 fully saturated rings. The maximum absolute atomic E-state index is 12.8. The van der Waals surface area contributed by atoms with E-state index in [0.29, 0.717) is 11.3 Å². The SMILES string of the molecule is COc1ccc2c(c1)CCC1C(C(=O)Nc3ccc(C(C)=O)cc3)NNC21. The van der Waals surface area contributed by atoms with E-state index in [0.717, 1.165) is 18.6 Å². The molecule has 6 nitrogen and oxygen atoms in total. The molecule has 1 aliphatic carbocycles. The minimum absolute atomic E-state index is 0.00915. The van der Waals surface area contributed by atoms with E-state index in [4.69, 9.17) is 4.74 Å². The van der Waals surface area contributed by atoms with E-state index < -0.39 is 0 Å². The highest BCUT2D eigenvalue weighted by atomic mass is 16.5. The molecule has 1 heterocycles. The summed E-state index contributed by atoms with van der Waals surface area (Å²) < 4.78 is 5.32. The number of hydrogen-bond acceptors (Lipinski definition) is 5. The number of methoxy groups -OCH3 is 1. The quantitative estimate of drug-likeness (QED) is 0.726. The van der Waals surface area contributed by atoms with Crippen molar-refractivity contribution in [2.75, 3.05) is 12.4 Å². The van der Waals surface area contributed by atoms with Crippen molar-refractivity contribution in [3.05, 3.63) is 59.2 Å². The summed E-state index contributed by atoms with van der Waals surface area (Å²) >= 11 is 0. The standard InChI is InChI=1S/C21H23N3O3/c1-12(25)13-3-6-15(7-4-13)22-21(26)20-18-9-5-14-11-16(27-2)8-10-17(14)19(18)23-24-20/h3-4,6-8,10-11,18-20,23-24H,5,9H2,1-2H3,(H,22,26). The van der Waals surface area contributed by atoms with Gasteiger partial charge in [0.05, 0.1) is 13.2 Å². The number of nitrogens with one attached hydrogen (secondary N) is 3. The highest BCUT2D eigenvalue weighted by Gasteiger charge is 2.43. The summed E-state index contributed by atoms with van der Waals surface area (Å²) in [5, 5.41) is 2.95. The van der Waals surface area contributed by atoms with E-state index in [1.807, 2.05) is 6.07 Å². The van der Waals surface area contributed by atoms with Crippen LogP contribution in [0, 0.1) is 5.92 Å². The van der Waals surface area contributed by atoms with Crippen LogP contribution in [-0.4, -0.2) is 24.8 Å². The van der Waals surface area contributed by atoms with Crippen LogP contribution < -0.4 is 20.9 Å². The van der Waals surface area contributed by atoms with Crippen molar-refractivity contribution in [1.82, 2.24) is 10.9 Å². The third-order valence-corrected chi connectivity index (χ3v) is 5.52. The van der Waals surface area contributed by atoms with E-state index in [9.17, 15) is 9.59 Å². The smallest absolute Gasteiger partial charge is 0.243 e. The van der Waals surface area contributed by atoms with Crippen LogP contribution in [0.15, 0.2) is 42.5 Å². The second-order valence-corrected chi connectivity index (χ2v) is 7.13. The lowest BCUT2D eigenvalue weighted by Gasteiger charge is -2.29. The summed E-state index contributed by atoms with van der Waals surface area (Å²) in [6, 6.07) is 12.9.